The van der Waals surface area contributed by atoms with Gasteiger partial charge in [0.05, 0.1) is 25.0 Å². The number of hydrogen-bond donors (Lipinski definition) is 1. The summed E-state index contributed by atoms with van der Waals surface area (Å²) >= 11 is 4.14. The SMILES string of the molecule is CCCn1ncc(OC)c1C(NC)C1SCCSC1C. The number of aromatic nitrogens is 2. The van der Waals surface area contributed by atoms with Gasteiger partial charge in [-0.1, -0.05) is 13.8 Å². The minimum atomic E-state index is 0.284. The van der Waals surface area contributed by atoms with Crippen LogP contribution in [0.5, 0.6) is 5.75 Å². The Hall–Kier alpha value is -0.330. The second kappa shape index (κ2) is 7.61. The second-order valence-corrected chi connectivity index (χ2v) is 7.77. The summed E-state index contributed by atoms with van der Waals surface area (Å²) in [5, 5.41) is 9.20. The zero-order valence-corrected chi connectivity index (χ0v) is 14.4. The van der Waals surface area contributed by atoms with Crippen LogP contribution in [-0.2, 0) is 6.54 Å². The van der Waals surface area contributed by atoms with Crippen molar-refractivity contribution in [3.8, 4) is 5.75 Å². The number of nitrogens with zero attached hydrogens (tertiary/aromatic N) is 2. The van der Waals surface area contributed by atoms with E-state index in [0.29, 0.717) is 10.5 Å². The highest BCUT2D eigenvalue weighted by Gasteiger charge is 2.34. The van der Waals surface area contributed by atoms with Crippen molar-refractivity contribution in [1.29, 1.82) is 0 Å². The van der Waals surface area contributed by atoms with Crippen LogP contribution in [-0.4, -0.2) is 45.9 Å². The Kier molecular flexibility index (Phi) is 6.11. The van der Waals surface area contributed by atoms with Crippen molar-refractivity contribution in [1.82, 2.24) is 15.1 Å². The third kappa shape index (κ3) is 3.28. The van der Waals surface area contributed by atoms with Crippen molar-refractivity contribution in [2.45, 2.75) is 43.4 Å². The average Bonchev–Trinajstić information content (AvgIpc) is 2.85. The lowest BCUT2D eigenvalue weighted by atomic mass is 10.1. The minimum Gasteiger partial charge on any atom is -0.493 e. The molecular weight excluding hydrogens is 290 g/mol. The molecule has 0 bridgehead atoms. The van der Waals surface area contributed by atoms with Gasteiger partial charge in [-0.25, -0.2) is 0 Å². The van der Waals surface area contributed by atoms with Gasteiger partial charge in [0, 0.05) is 28.6 Å². The summed E-state index contributed by atoms with van der Waals surface area (Å²) in [5.74, 6) is 3.38. The summed E-state index contributed by atoms with van der Waals surface area (Å²) in [4.78, 5) is 0. The summed E-state index contributed by atoms with van der Waals surface area (Å²) in [5.41, 5.74) is 1.20. The Morgan fingerprint density at radius 1 is 1.50 bits per heavy atom. The molecule has 1 N–H and O–H groups in total. The van der Waals surface area contributed by atoms with Crippen molar-refractivity contribution < 1.29 is 4.74 Å². The maximum Gasteiger partial charge on any atom is 0.161 e. The van der Waals surface area contributed by atoms with Crippen LogP contribution in [0.4, 0.5) is 0 Å². The fraction of sp³-hybridized carbons (Fsp3) is 0.786. The van der Waals surface area contributed by atoms with Gasteiger partial charge in [0.2, 0.25) is 0 Å². The van der Waals surface area contributed by atoms with Crippen LogP contribution in [0.15, 0.2) is 6.20 Å². The third-order valence-electron chi connectivity index (χ3n) is 3.67. The molecule has 3 atom stereocenters. The smallest absolute Gasteiger partial charge is 0.161 e. The summed E-state index contributed by atoms with van der Waals surface area (Å²) in [7, 11) is 3.77. The molecular formula is C14H25N3OS2. The van der Waals surface area contributed by atoms with E-state index in [-0.39, 0.29) is 6.04 Å². The molecule has 0 radical (unpaired) electrons. The monoisotopic (exact) mass is 315 g/mol. The Morgan fingerprint density at radius 3 is 2.85 bits per heavy atom. The Balaban J connectivity index is 2.31. The lowest BCUT2D eigenvalue weighted by Gasteiger charge is -2.34. The molecule has 20 heavy (non-hydrogen) atoms. The molecule has 6 heteroatoms. The maximum absolute atomic E-state index is 5.54. The van der Waals surface area contributed by atoms with Crippen molar-refractivity contribution in [2.24, 2.45) is 0 Å². The largest absolute Gasteiger partial charge is 0.493 e. The van der Waals surface area contributed by atoms with E-state index in [1.807, 2.05) is 13.2 Å². The summed E-state index contributed by atoms with van der Waals surface area (Å²) in [6.07, 6.45) is 2.93. The number of nitrogens with one attached hydrogen (secondary N) is 1. The van der Waals surface area contributed by atoms with Gasteiger partial charge >= 0.3 is 0 Å². The molecule has 1 fully saturated rings. The van der Waals surface area contributed by atoms with E-state index < -0.39 is 0 Å². The van der Waals surface area contributed by atoms with Gasteiger partial charge in [0.1, 0.15) is 0 Å². The van der Waals surface area contributed by atoms with E-state index in [1.165, 1.54) is 17.2 Å². The van der Waals surface area contributed by atoms with E-state index in [1.54, 1.807) is 7.11 Å². The quantitative estimate of drug-likeness (QED) is 0.874. The molecule has 1 aliphatic heterocycles. The van der Waals surface area contributed by atoms with Crippen molar-refractivity contribution in [3.05, 3.63) is 11.9 Å². The van der Waals surface area contributed by atoms with Crippen molar-refractivity contribution >= 4 is 23.5 Å². The van der Waals surface area contributed by atoms with Gasteiger partial charge in [-0.2, -0.15) is 28.6 Å². The van der Waals surface area contributed by atoms with Crippen molar-refractivity contribution in [3.63, 3.8) is 0 Å². The number of aryl methyl sites for hydroxylation is 1. The van der Waals surface area contributed by atoms with E-state index >= 15 is 0 Å². The first kappa shape index (κ1) is 16.0. The first-order chi connectivity index (χ1) is 9.72. The molecule has 2 heterocycles. The number of thioether (sulfide) groups is 2. The highest BCUT2D eigenvalue weighted by Crippen LogP contribution is 2.40. The van der Waals surface area contributed by atoms with Crippen LogP contribution in [0.3, 0.4) is 0 Å². The average molecular weight is 316 g/mol. The van der Waals surface area contributed by atoms with Crippen LogP contribution in [0.1, 0.15) is 32.0 Å². The molecule has 1 aromatic heterocycles. The topological polar surface area (TPSA) is 39.1 Å². The molecule has 1 saturated heterocycles. The molecule has 0 aliphatic carbocycles. The van der Waals surface area contributed by atoms with Crippen LogP contribution >= 0.6 is 23.5 Å². The second-order valence-electron chi connectivity index (χ2n) is 5.00. The molecule has 3 unspecified atom stereocenters. The van der Waals surface area contributed by atoms with Gasteiger partial charge < -0.3 is 10.1 Å². The predicted octanol–water partition coefficient (Wildman–Crippen LogP) is 2.80. The third-order valence-corrected chi connectivity index (χ3v) is 6.87. The normalized spacial score (nSPS) is 24.6. The van der Waals surface area contributed by atoms with Crippen molar-refractivity contribution in [2.75, 3.05) is 25.7 Å². The molecule has 114 valence electrons. The van der Waals surface area contributed by atoms with Gasteiger partial charge in [-0.05, 0) is 13.5 Å². The van der Waals surface area contributed by atoms with Crippen LogP contribution in [0.2, 0.25) is 0 Å². The van der Waals surface area contributed by atoms with E-state index in [9.17, 15) is 0 Å². The zero-order chi connectivity index (χ0) is 14.5. The highest BCUT2D eigenvalue weighted by molar-refractivity contribution is 8.07. The number of rotatable bonds is 6. The minimum absolute atomic E-state index is 0.284. The summed E-state index contributed by atoms with van der Waals surface area (Å²) < 4.78 is 7.65. The first-order valence-corrected chi connectivity index (χ1v) is 9.32. The number of methoxy groups -OCH3 is 1. The number of ether oxygens (including phenoxy) is 1. The summed E-state index contributed by atoms with van der Waals surface area (Å²) in [6, 6.07) is 0.284. The zero-order valence-electron chi connectivity index (χ0n) is 12.8. The Labute approximate surface area is 130 Å². The Morgan fingerprint density at radius 2 is 2.25 bits per heavy atom. The molecule has 2 rings (SSSR count). The molecule has 0 amide bonds. The standard InChI is InChI=1S/C14H25N3OS2/c1-5-6-17-13(11(18-4)9-16-17)12(15-3)14-10(2)19-7-8-20-14/h9-10,12,14-15H,5-8H2,1-4H3. The van der Waals surface area contributed by atoms with Gasteiger partial charge in [-0.15, -0.1) is 0 Å². The number of hydrogen-bond acceptors (Lipinski definition) is 5. The molecule has 0 saturated carbocycles. The first-order valence-electron chi connectivity index (χ1n) is 7.23. The van der Waals surface area contributed by atoms with Gasteiger partial charge in [-0.3, -0.25) is 4.68 Å². The Bertz CT molecular complexity index is 425. The fourth-order valence-corrected chi connectivity index (χ4v) is 5.67. The maximum atomic E-state index is 5.54. The fourth-order valence-electron chi connectivity index (χ4n) is 2.71. The summed E-state index contributed by atoms with van der Waals surface area (Å²) in [6.45, 7) is 5.45. The molecule has 4 nitrogen and oxygen atoms in total. The van der Waals surface area contributed by atoms with Crippen LogP contribution < -0.4 is 10.1 Å². The highest BCUT2D eigenvalue weighted by atomic mass is 32.2. The van der Waals surface area contributed by atoms with Gasteiger partial charge in [0.15, 0.2) is 5.75 Å². The van der Waals surface area contributed by atoms with Crippen LogP contribution in [0.25, 0.3) is 0 Å². The lowest BCUT2D eigenvalue weighted by Crippen LogP contribution is -2.37. The molecule has 0 aromatic carbocycles. The van der Waals surface area contributed by atoms with E-state index in [0.717, 1.165) is 18.7 Å². The van der Waals surface area contributed by atoms with Crippen LogP contribution in [0, 0.1) is 0 Å². The molecule has 1 aliphatic rings. The predicted molar refractivity (Wildman–Crippen MR) is 89.0 cm³/mol. The van der Waals surface area contributed by atoms with E-state index in [2.05, 4.69) is 52.5 Å². The van der Waals surface area contributed by atoms with Gasteiger partial charge in [0.25, 0.3) is 0 Å². The van der Waals surface area contributed by atoms with E-state index in [4.69, 9.17) is 4.74 Å². The lowest BCUT2D eigenvalue weighted by molar-refractivity contribution is 0.391. The molecule has 1 aromatic rings. The molecule has 0 spiro atoms.